The fourth-order valence-electron chi connectivity index (χ4n) is 3.09. The van der Waals surface area contributed by atoms with E-state index < -0.39 is 27.4 Å². The van der Waals surface area contributed by atoms with E-state index >= 15 is 0 Å². The van der Waals surface area contributed by atoms with Crippen LogP contribution in [0, 0.1) is 11.6 Å². The zero-order valence-electron chi connectivity index (χ0n) is 17.1. The van der Waals surface area contributed by atoms with Gasteiger partial charge in [-0.15, -0.1) is 0 Å². The van der Waals surface area contributed by atoms with E-state index in [1.807, 2.05) is 6.92 Å². The van der Waals surface area contributed by atoms with Gasteiger partial charge in [0.05, 0.1) is 0 Å². The molecule has 32 heavy (non-hydrogen) atoms. The molecule has 0 unspecified atom stereocenters. The molecule has 0 saturated carbocycles. The van der Waals surface area contributed by atoms with Gasteiger partial charge in [-0.2, -0.15) is 0 Å². The van der Waals surface area contributed by atoms with E-state index in [0.717, 1.165) is 24.5 Å². The first-order valence-corrected chi connectivity index (χ1v) is 11.3. The van der Waals surface area contributed by atoms with Crippen LogP contribution in [0.1, 0.15) is 18.9 Å². The lowest BCUT2D eigenvalue weighted by Crippen LogP contribution is -2.08. The predicted molar refractivity (Wildman–Crippen MR) is 116 cm³/mol. The quantitative estimate of drug-likeness (QED) is 0.397. The maximum absolute atomic E-state index is 13.4. The van der Waals surface area contributed by atoms with E-state index in [9.17, 15) is 22.0 Å². The number of aromatic nitrogens is 2. The average Bonchev–Trinajstić information content (AvgIpc) is 2.70. The second-order valence-corrected chi connectivity index (χ2v) is 8.84. The number of anilines is 2. The normalized spacial score (nSPS) is 11.9. The summed E-state index contributed by atoms with van der Waals surface area (Å²) in [6.45, 7) is 1.81. The lowest BCUT2D eigenvalue weighted by atomic mass is 9.98. The van der Waals surface area contributed by atoms with Crippen LogP contribution in [0.5, 0.6) is 0 Å². The summed E-state index contributed by atoms with van der Waals surface area (Å²) in [7, 11) is -3.82. The summed E-state index contributed by atoms with van der Waals surface area (Å²) in [4.78, 5) is 19.2. The van der Waals surface area contributed by atoms with Crippen LogP contribution in [0.4, 0.5) is 20.4 Å². The molecule has 0 aliphatic carbocycles. The highest BCUT2D eigenvalue weighted by Crippen LogP contribution is 2.30. The Bertz CT molecular complexity index is 1300. The largest absolute Gasteiger partial charge is 0.478 e. The number of carbonyl (C=O) groups is 1. The molecule has 0 saturated heterocycles. The zero-order valence-corrected chi connectivity index (χ0v) is 18.0. The molecule has 2 N–H and O–H groups in total. The van der Waals surface area contributed by atoms with Gasteiger partial charge in [0.1, 0.15) is 11.6 Å². The predicted octanol–water partition coefficient (Wildman–Crippen LogP) is 4.45. The number of hydrogen-bond acceptors (Lipinski definition) is 6. The second kappa shape index (κ2) is 9.23. The Morgan fingerprint density at radius 1 is 1.16 bits per heavy atom. The minimum atomic E-state index is -3.82. The Balaban J connectivity index is 2.08. The van der Waals surface area contributed by atoms with E-state index in [1.54, 1.807) is 24.3 Å². The fourth-order valence-corrected chi connectivity index (χ4v) is 3.91. The third-order valence-electron chi connectivity index (χ3n) is 4.45. The third kappa shape index (κ3) is 5.52. The van der Waals surface area contributed by atoms with Gasteiger partial charge in [0, 0.05) is 35.8 Å². The Morgan fingerprint density at radius 3 is 2.44 bits per heavy atom. The number of nitrogens with zero attached hydrogens (tertiary/aromatic N) is 2. The summed E-state index contributed by atoms with van der Waals surface area (Å²) in [6, 6.07) is 9.44. The molecule has 166 valence electrons. The maximum atomic E-state index is 13.4. The van der Waals surface area contributed by atoms with E-state index in [0.29, 0.717) is 29.2 Å². The molecule has 10 heteroatoms. The number of nitrogens with one attached hydrogen (secondary N) is 1. The highest BCUT2D eigenvalue weighted by molar-refractivity contribution is 7.90. The van der Waals surface area contributed by atoms with Crippen molar-refractivity contribution in [2.75, 3.05) is 11.6 Å². The molecule has 0 atom stereocenters. The molecule has 0 fully saturated rings. The zero-order chi connectivity index (χ0) is 23.5. The van der Waals surface area contributed by atoms with E-state index in [2.05, 4.69) is 15.3 Å². The van der Waals surface area contributed by atoms with Crippen molar-refractivity contribution in [1.29, 1.82) is 0 Å². The monoisotopic (exact) mass is 459 g/mol. The van der Waals surface area contributed by atoms with Crippen molar-refractivity contribution < 1.29 is 27.1 Å². The van der Waals surface area contributed by atoms with Crippen molar-refractivity contribution in [1.82, 2.24) is 9.97 Å². The first-order chi connectivity index (χ1) is 15.1. The van der Waals surface area contributed by atoms with Crippen LogP contribution in [-0.2, 0) is 14.6 Å². The van der Waals surface area contributed by atoms with E-state index in [1.165, 1.54) is 6.20 Å². The average molecular weight is 459 g/mol. The molecule has 0 bridgehead atoms. The van der Waals surface area contributed by atoms with Gasteiger partial charge in [0.15, 0.2) is 14.9 Å². The summed E-state index contributed by atoms with van der Waals surface area (Å²) in [6.07, 6.45) is 3.82. The number of halogens is 2. The summed E-state index contributed by atoms with van der Waals surface area (Å²) < 4.78 is 51.7. The van der Waals surface area contributed by atoms with Gasteiger partial charge in [0.25, 0.3) is 0 Å². The third-order valence-corrected chi connectivity index (χ3v) is 5.46. The number of aliphatic carboxylic acids is 1. The molecule has 0 amide bonds. The molecule has 2 aromatic carbocycles. The van der Waals surface area contributed by atoms with Crippen molar-refractivity contribution >= 4 is 33.0 Å². The molecule has 3 aromatic rings. The summed E-state index contributed by atoms with van der Waals surface area (Å²) in [5, 5.41) is 11.4. The molecular formula is C22H19F2N3O4S. The van der Waals surface area contributed by atoms with Gasteiger partial charge in [-0.25, -0.2) is 32.0 Å². The molecule has 1 aromatic heterocycles. The second-order valence-electron chi connectivity index (χ2n) is 6.91. The molecule has 0 radical (unpaired) electrons. The fraction of sp³-hybridized carbons (Fsp3) is 0.136. The van der Waals surface area contributed by atoms with Crippen molar-refractivity contribution in [2.24, 2.45) is 0 Å². The first kappa shape index (κ1) is 23.0. The number of allylic oxidation sites excluding steroid dienone is 1. The summed E-state index contributed by atoms with van der Waals surface area (Å²) >= 11 is 0. The van der Waals surface area contributed by atoms with Gasteiger partial charge < -0.3 is 10.4 Å². The Hall–Kier alpha value is -3.66. The highest BCUT2D eigenvalue weighted by atomic mass is 32.2. The van der Waals surface area contributed by atoms with Gasteiger partial charge >= 0.3 is 5.97 Å². The molecule has 0 spiro atoms. The molecule has 0 aliphatic heterocycles. The summed E-state index contributed by atoms with van der Waals surface area (Å²) in [5.74, 6) is -2.87. The van der Waals surface area contributed by atoms with Crippen LogP contribution < -0.4 is 5.32 Å². The highest BCUT2D eigenvalue weighted by Gasteiger charge is 2.19. The van der Waals surface area contributed by atoms with Crippen molar-refractivity contribution in [2.45, 2.75) is 18.4 Å². The van der Waals surface area contributed by atoms with Crippen LogP contribution in [0.2, 0.25) is 0 Å². The van der Waals surface area contributed by atoms with Crippen molar-refractivity contribution in [3.8, 4) is 11.1 Å². The number of benzene rings is 2. The Labute approximate surface area is 183 Å². The Kier molecular flexibility index (Phi) is 6.64. The van der Waals surface area contributed by atoms with Crippen molar-refractivity contribution in [3.05, 3.63) is 71.9 Å². The number of sulfone groups is 1. The van der Waals surface area contributed by atoms with Crippen LogP contribution in [-0.4, -0.2) is 35.7 Å². The van der Waals surface area contributed by atoms with E-state index in [-0.39, 0.29) is 22.2 Å². The lowest BCUT2D eigenvalue weighted by Gasteiger charge is -2.12. The van der Waals surface area contributed by atoms with Crippen LogP contribution >= 0.6 is 0 Å². The molecular weight excluding hydrogens is 440 g/mol. The number of carboxylic acids is 1. The minimum Gasteiger partial charge on any atom is -0.478 e. The van der Waals surface area contributed by atoms with Gasteiger partial charge in [-0.05, 0) is 41.3 Å². The topological polar surface area (TPSA) is 109 Å². The SMILES string of the molecule is CC/C(=C\C(=O)O)c1cccc(-c2cnc(Nc3cc(F)cc(F)c3)nc2S(C)(=O)=O)c1. The molecule has 7 nitrogen and oxygen atoms in total. The van der Waals surface area contributed by atoms with Crippen LogP contribution in [0.25, 0.3) is 16.7 Å². The molecule has 0 aliphatic rings. The van der Waals surface area contributed by atoms with Crippen LogP contribution in [0.15, 0.2) is 59.8 Å². The van der Waals surface area contributed by atoms with Crippen LogP contribution in [0.3, 0.4) is 0 Å². The smallest absolute Gasteiger partial charge is 0.328 e. The maximum Gasteiger partial charge on any atom is 0.328 e. The number of carboxylic acid groups (broad SMARTS) is 1. The number of rotatable bonds is 7. The Morgan fingerprint density at radius 2 is 1.84 bits per heavy atom. The first-order valence-electron chi connectivity index (χ1n) is 9.41. The number of hydrogen-bond donors (Lipinski definition) is 2. The molecule has 3 rings (SSSR count). The molecule has 1 heterocycles. The van der Waals surface area contributed by atoms with E-state index in [4.69, 9.17) is 5.11 Å². The van der Waals surface area contributed by atoms with Gasteiger partial charge in [0.2, 0.25) is 5.95 Å². The minimum absolute atomic E-state index is 0.0168. The van der Waals surface area contributed by atoms with Gasteiger partial charge in [-0.3, -0.25) is 0 Å². The van der Waals surface area contributed by atoms with Crippen molar-refractivity contribution in [3.63, 3.8) is 0 Å². The van der Waals surface area contributed by atoms with Gasteiger partial charge in [-0.1, -0.05) is 25.1 Å². The standard InChI is InChI=1S/C22H19F2N3O4S/c1-3-13(8-20(28)29)14-5-4-6-15(7-14)19-12-25-22(27-21(19)32(2,30)31)26-18-10-16(23)9-17(24)11-18/h4-12H,3H2,1-2H3,(H,28,29)(H,25,26,27)/b13-8+. The lowest BCUT2D eigenvalue weighted by molar-refractivity contribution is -0.131. The summed E-state index contributed by atoms with van der Waals surface area (Å²) in [5.41, 5.74) is 1.87.